The molecular formula is C24H28F3N3O5. The zero-order valence-corrected chi connectivity index (χ0v) is 19.6. The Labute approximate surface area is 200 Å². The number of aromatic nitrogens is 1. The number of methoxy groups -OCH3 is 1. The first-order valence-electron chi connectivity index (χ1n) is 11.5. The zero-order chi connectivity index (χ0) is 25.2. The van der Waals surface area contributed by atoms with Gasteiger partial charge in [0.25, 0.3) is 5.91 Å². The number of rotatable bonds is 5. The highest BCUT2D eigenvalue weighted by Gasteiger charge is 2.39. The van der Waals surface area contributed by atoms with Gasteiger partial charge in [-0.2, -0.15) is 13.2 Å². The van der Waals surface area contributed by atoms with Crippen LogP contribution in [-0.2, 0) is 20.4 Å². The van der Waals surface area contributed by atoms with E-state index in [4.69, 9.17) is 13.9 Å². The first kappa shape index (κ1) is 25.0. The minimum atomic E-state index is -4.63. The number of nitrogens with one attached hydrogen (secondary N) is 1. The lowest BCUT2D eigenvalue weighted by molar-refractivity contribution is -0.153. The lowest BCUT2D eigenvalue weighted by atomic mass is 9.80. The molecule has 0 spiro atoms. The van der Waals surface area contributed by atoms with Crippen LogP contribution in [0.25, 0.3) is 0 Å². The lowest BCUT2D eigenvalue weighted by Gasteiger charge is -2.38. The Bertz CT molecular complexity index is 1070. The summed E-state index contributed by atoms with van der Waals surface area (Å²) in [5.41, 5.74) is -1.74. The van der Waals surface area contributed by atoms with Gasteiger partial charge < -0.3 is 24.1 Å². The number of alkyl halides is 3. The topological polar surface area (TPSA) is 93.9 Å². The molecule has 1 amide bonds. The van der Waals surface area contributed by atoms with Crippen LogP contribution in [0, 0.1) is 5.41 Å². The van der Waals surface area contributed by atoms with E-state index in [1.165, 1.54) is 13.2 Å². The Morgan fingerprint density at radius 1 is 1.20 bits per heavy atom. The fourth-order valence-electron chi connectivity index (χ4n) is 4.48. The standard InChI is InChI=1S/C24H28F3N3O5/c1-23(22(32)33-2)7-9-30(10-8-23)20-17(13-16(14-28-20)24(25,26)27)29-21(31)19-4-3-18(35-19)15-5-11-34-12-6-15/h3-4,13-15H,5-12H2,1-2H3,(H,29,31). The number of hydrogen-bond donors (Lipinski definition) is 1. The molecule has 2 aliphatic rings. The van der Waals surface area contributed by atoms with Gasteiger partial charge in [0.1, 0.15) is 5.76 Å². The van der Waals surface area contributed by atoms with Gasteiger partial charge in [0.05, 0.1) is 23.8 Å². The maximum Gasteiger partial charge on any atom is 0.417 e. The molecule has 4 rings (SSSR count). The van der Waals surface area contributed by atoms with Gasteiger partial charge in [-0.05, 0) is 50.8 Å². The predicted octanol–water partition coefficient (Wildman–Crippen LogP) is 4.62. The monoisotopic (exact) mass is 495 g/mol. The van der Waals surface area contributed by atoms with E-state index in [0.29, 0.717) is 44.9 Å². The highest BCUT2D eigenvalue weighted by Crippen LogP contribution is 2.38. The van der Waals surface area contributed by atoms with Crippen molar-refractivity contribution in [2.75, 3.05) is 43.6 Å². The maximum absolute atomic E-state index is 13.4. The van der Waals surface area contributed by atoms with Gasteiger partial charge in [0.2, 0.25) is 0 Å². The van der Waals surface area contributed by atoms with Crippen molar-refractivity contribution in [2.24, 2.45) is 5.41 Å². The number of amides is 1. The minimum Gasteiger partial charge on any atom is -0.469 e. The summed E-state index contributed by atoms with van der Waals surface area (Å²) >= 11 is 0. The second-order valence-corrected chi connectivity index (χ2v) is 9.17. The van der Waals surface area contributed by atoms with Crippen molar-refractivity contribution in [3.05, 3.63) is 41.5 Å². The van der Waals surface area contributed by atoms with Crippen LogP contribution < -0.4 is 10.2 Å². The van der Waals surface area contributed by atoms with Crippen LogP contribution in [0.3, 0.4) is 0 Å². The molecule has 2 saturated heterocycles. The van der Waals surface area contributed by atoms with Crippen molar-refractivity contribution in [1.82, 2.24) is 4.98 Å². The summed E-state index contributed by atoms with van der Waals surface area (Å²) in [5, 5.41) is 2.55. The van der Waals surface area contributed by atoms with Gasteiger partial charge in [0, 0.05) is 38.4 Å². The molecule has 1 N–H and O–H groups in total. The Kier molecular flexibility index (Phi) is 7.07. The number of ether oxygens (including phenoxy) is 2. The third-order valence-corrected chi connectivity index (χ3v) is 6.76. The normalized spacial score (nSPS) is 18.8. The van der Waals surface area contributed by atoms with E-state index >= 15 is 0 Å². The molecule has 0 saturated carbocycles. The molecule has 4 heterocycles. The molecule has 190 valence electrons. The average Bonchev–Trinajstić information content (AvgIpc) is 3.35. The van der Waals surface area contributed by atoms with Gasteiger partial charge in [-0.3, -0.25) is 9.59 Å². The molecule has 2 aromatic rings. The van der Waals surface area contributed by atoms with E-state index in [1.807, 2.05) is 0 Å². The molecule has 2 aromatic heterocycles. The Balaban J connectivity index is 1.56. The molecule has 11 heteroatoms. The van der Waals surface area contributed by atoms with E-state index in [2.05, 4.69) is 10.3 Å². The van der Waals surface area contributed by atoms with Crippen LogP contribution in [0.2, 0.25) is 0 Å². The average molecular weight is 495 g/mol. The minimum absolute atomic E-state index is 0.00626. The van der Waals surface area contributed by atoms with Gasteiger partial charge in [0.15, 0.2) is 11.6 Å². The zero-order valence-electron chi connectivity index (χ0n) is 19.6. The van der Waals surface area contributed by atoms with Crippen molar-refractivity contribution in [2.45, 2.75) is 44.7 Å². The third kappa shape index (κ3) is 5.44. The summed E-state index contributed by atoms with van der Waals surface area (Å²) < 4.78 is 56.1. The Morgan fingerprint density at radius 3 is 2.51 bits per heavy atom. The summed E-state index contributed by atoms with van der Waals surface area (Å²) in [7, 11) is 1.33. The first-order valence-corrected chi connectivity index (χ1v) is 11.5. The van der Waals surface area contributed by atoms with E-state index < -0.39 is 23.1 Å². The van der Waals surface area contributed by atoms with Crippen LogP contribution in [0.15, 0.2) is 28.8 Å². The smallest absolute Gasteiger partial charge is 0.417 e. The molecule has 8 nitrogen and oxygen atoms in total. The summed E-state index contributed by atoms with van der Waals surface area (Å²) in [6.07, 6.45) is -1.47. The van der Waals surface area contributed by atoms with E-state index in [-0.39, 0.29) is 29.2 Å². The Hall–Kier alpha value is -3.08. The van der Waals surface area contributed by atoms with Gasteiger partial charge >= 0.3 is 12.1 Å². The molecule has 0 unspecified atom stereocenters. The molecule has 0 aliphatic carbocycles. The van der Waals surface area contributed by atoms with Gasteiger partial charge in [-0.25, -0.2) is 4.98 Å². The summed E-state index contributed by atoms with van der Waals surface area (Å²) in [6, 6.07) is 4.11. The molecular weight excluding hydrogens is 467 g/mol. The van der Waals surface area contributed by atoms with Crippen LogP contribution in [-0.4, -0.2) is 50.3 Å². The SMILES string of the molecule is COC(=O)C1(C)CCN(c2ncc(C(F)(F)F)cc2NC(=O)c2ccc(C3CCOCC3)o2)CC1. The molecule has 0 radical (unpaired) electrons. The molecule has 2 aliphatic heterocycles. The van der Waals surface area contributed by atoms with Gasteiger partial charge in [-0.1, -0.05) is 0 Å². The molecule has 2 fully saturated rings. The highest BCUT2D eigenvalue weighted by molar-refractivity contribution is 6.04. The number of pyridine rings is 1. The van der Waals surface area contributed by atoms with Crippen molar-refractivity contribution in [1.29, 1.82) is 0 Å². The molecule has 0 aromatic carbocycles. The Morgan fingerprint density at radius 2 is 1.89 bits per heavy atom. The summed E-state index contributed by atoms with van der Waals surface area (Å²) in [4.78, 5) is 30.8. The maximum atomic E-state index is 13.4. The van der Waals surface area contributed by atoms with E-state index in [1.54, 1.807) is 17.9 Å². The molecule has 0 atom stereocenters. The fraction of sp³-hybridized carbons (Fsp3) is 0.542. The van der Waals surface area contributed by atoms with Crippen LogP contribution in [0.5, 0.6) is 0 Å². The van der Waals surface area contributed by atoms with Gasteiger partial charge in [-0.15, -0.1) is 0 Å². The van der Waals surface area contributed by atoms with Crippen LogP contribution >= 0.6 is 0 Å². The summed E-state index contributed by atoms with van der Waals surface area (Å²) in [5.74, 6) is 0.0000566. The van der Waals surface area contributed by atoms with Crippen LogP contribution in [0.4, 0.5) is 24.7 Å². The third-order valence-electron chi connectivity index (χ3n) is 6.76. The number of hydrogen-bond acceptors (Lipinski definition) is 7. The van der Waals surface area contributed by atoms with E-state index in [9.17, 15) is 22.8 Å². The summed E-state index contributed by atoms with van der Waals surface area (Å²) in [6.45, 7) is 3.74. The van der Waals surface area contributed by atoms with E-state index in [0.717, 1.165) is 25.1 Å². The molecule has 0 bridgehead atoms. The van der Waals surface area contributed by atoms with Crippen molar-refractivity contribution >= 4 is 23.4 Å². The number of carbonyl (C=O) groups is 2. The highest BCUT2D eigenvalue weighted by atomic mass is 19.4. The second kappa shape index (κ2) is 9.88. The number of piperidine rings is 1. The number of esters is 1. The first-order chi connectivity index (χ1) is 16.6. The number of anilines is 2. The number of nitrogens with zero attached hydrogens (tertiary/aromatic N) is 2. The quantitative estimate of drug-likeness (QED) is 0.605. The number of halogens is 3. The van der Waals surface area contributed by atoms with Crippen molar-refractivity contribution in [3.63, 3.8) is 0 Å². The largest absolute Gasteiger partial charge is 0.469 e. The van der Waals surface area contributed by atoms with Crippen LogP contribution in [0.1, 0.15) is 60.4 Å². The lowest BCUT2D eigenvalue weighted by Crippen LogP contribution is -2.43. The van der Waals surface area contributed by atoms with Crippen molar-refractivity contribution in [3.8, 4) is 0 Å². The molecule has 35 heavy (non-hydrogen) atoms. The second-order valence-electron chi connectivity index (χ2n) is 9.17. The van der Waals surface area contributed by atoms with Crippen molar-refractivity contribution < 1.29 is 36.7 Å². The fourth-order valence-corrected chi connectivity index (χ4v) is 4.48. The predicted molar refractivity (Wildman–Crippen MR) is 120 cm³/mol. The number of carbonyl (C=O) groups excluding carboxylic acids is 2. The number of furan rings is 1.